The minimum absolute atomic E-state index is 0.00831. The van der Waals surface area contributed by atoms with Crippen LogP contribution in [0.2, 0.25) is 10.6 Å². The normalized spacial score (nSPS) is 15.9. The highest BCUT2D eigenvalue weighted by Gasteiger charge is 2.31. The summed E-state index contributed by atoms with van der Waals surface area (Å²) >= 11 is 11.8. The zero-order chi connectivity index (χ0) is 29.4. The Kier molecular flexibility index (Phi) is 8.47. The van der Waals surface area contributed by atoms with E-state index in [1.165, 1.54) is 23.9 Å². The maximum atomic E-state index is 14.7. The number of carbonyl (C=O) groups is 2. The molecule has 13 heteroatoms. The van der Waals surface area contributed by atoms with Gasteiger partial charge in [0.15, 0.2) is 5.82 Å². The first-order valence-corrected chi connectivity index (χ1v) is 14.5. The van der Waals surface area contributed by atoms with Gasteiger partial charge in [-0.05, 0) is 55.0 Å². The highest BCUT2D eigenvalue weighted by atomic mass is 35.5. The molecule has 10 nitrogen and oxygen atoms in total. The van der Waals surface area contributed by atoms with Crippen LogP contribution in [0.25, 0.3) is 22.1 Å². The Morgan fingerprint density at radius 2 is 1.32 bits per heavy atom. The maximum absolute atomic E-state index is 14.7. The zero-order valence-corrected chi connectivity index (χ0v) is 25.1. The van der Waals surface area contributed by atoms with Gasteiger partial charge in [-0.25, -0.2) is 14.4 Å². The van der Waals surface area contributed by atoms with E-state index in [0.29, 0.717) is 17.4 Å². The number of nitrogens with zero attached hydrogens (tertiary/aromatic N) is 8. The van der Waals surface area contributed by atoms with Gasteiger partial charge in [0.2, 0.25) is 10.6 Å². The number of aromatic nitrogens is 6. The SMILES string of the molecule is CN(C)C(=O)c1c(F)c2cnc(Cl)nc2n1C1CCCC1.CN(C)C(=O)c1cc2cnc(Cl)nc2n1C1CCCC1. The molecule has 2 amide bonds. The molecule has 6 rings (SSSR count). The van der Waals surface area contributed by atoms with Gasteiger partial charge in [0.1, 0.15) is 22.7 Å². The average molecular weight is 604 g/mol. The van der Waals surface area contributed by atoms with Crippen LogP contribution in [0.1, 0.15) is 84.4 Å². The lowest BCUT2D eigenvalue weighted by atomic mass is 10.2. The minimum Gasteiger partial charge on any atom is -0.343 e. The van der Waals surface area contributed by atoms with Gasteiger partial charge in [-0.1, -0.05) is 25.7 Å². The smallest absolute Gasteiger partial charge is 0.273 e. The summed E-state index contributed by atoms with van der Waals surface area (Å²) in [5, 5.41) is 1.39. The summed E-state index contributed by atoms with van der Waals surface area (Å²) in [6.07, 6.45) is 11.5. The third kappa shape index (κ3) is 5.61. The molecule has 2 aliphatic rings. The Hall–Kier alpha value is -3.31. The fourth-order valence-corrected chi connectivity index (χ4v) is 6.13. The maximum Gasteiger partial charge on any atom is 0.273 e. The first-order valence-electron chi connectivity index (χ1n) is 13.8. The van der Waals surface area contributed by atoms with E-state index in [0.717, 1.165) is 49.6 Å². The second kappa shape index (κ2) is 11.9. The van der Waals surface area contributed by atoms with Gasteiger partial charge in [0.05, 0.1) is 5.39 Å². The van der Waals surface area contributed by atoms with Gasteiger partial charge >= 0.3 is 0 Å². The quantitative estimate of drug-likeness (QED) is 0.268. The Morgan fingerprint density at radius 3 is 1.88 bits per heavy atom. The second-order valence-electron chi connectivity index (χ2n) is 11.0. The summed E-state index contributed by atoms with van der Waals surface area (Å²) in [4.78, 5) is 44.1. The van der Waals surface area contributed by atoms with Crippen molar-refractivity contribution in [1.82, 2.24) is 38.9 Å². The van der Waals surface area contributed by atoms with E-state index < -0.39 is 5.82 Å². The molecule has 2 saturated carbocycles. The topological polar surface area (TPSA) is 102 Å². The van der Waals surface area contributed by atoms with E-state index >= 15 is 0 Å². The molecule has 0 aromatic carbocycles. The molecule has 0 aliphatic heterocycles. The van der Waals surface area contributed by atoms with Crippen molar-refractivity contribution < 1.29 is 14.0 Å². The van der Waals surface area contributed by atoms with Crippen molar-refractivity contribution >= 4 is 57.1 Å². The lowest BCUT2D eigenvalue weighted by Gasteiger charge is -2.18. The van der Waals surface area contributed by atoms with Crippen LogP contribution in [0.15, 0.2) is 18.5 Å². The zero-order valence-electron chi connectivity index (χ0n) is 23.6. The molecule has 0 bridgehead atoms. The largest absolute Gasteiger partial charge is 0.343 e. The van der Waals surface area contributed by atoms with Crippen molar-refractivity contribution in [2.45, 2.75) is 63.5 Å². The lowest BCUT2D eigenvalue weighted by Crippen LogP contribution is -2.26. The fraction of sp³-hybridized carbons (Fsp3) is 0.500. The van der Waals surface area contributed by atoms with Crippen LogP contribution >= 0.6 is 23.2 Å². The average Bonchev–Trinajstić information content (AvgIpc) is 3.74. The number of hydrogen-bond donors (Lipinski definition) is 0. The summed E-state index contributed by atoms with van der Waals surface area (Å²) in [5.74, 6) is -0.938. The first-order chi connectivity index (χ1) is 19.6. The standard InChI is InChI=1S/C14H16ClFN4O.C14H17ClN4O/c1-19(2)13(21)11-10(16)9-7-17-14(15)18-12(9)20(11)8-5-3-4-6-8;1-18(2)13(20)11-7-9-8-16-14(15)17-12(9)19(11)10-5-3-4-6-10/h7-8H,3-6H2,1-2H3;7-8,10H,3-6H2,1-2H3. The molecule has 4 aromatic rings. The van der Waals surface area contributed by atoms with Gasteiger partial charge in [-0.15, -0.1) is 0 Å². The van der Waals surface area contributed by atoms with Gasteiger partial charge in [-0.3, -0.25) is 9.59 Å². The van der Waals surface area contributed by atoms with Crippen molar-refractivity contribution in [3.05, 3.63) is 46.2 Å². The molecule has 0 atom stereocenters. The van der Waals surface area contributed by atoms with Crippen molar-refractivity contribution in [3.8, 4) is 0 Å². The molecule has 218 valence electrons. The Morgan fingerprint density at radius 1 is 0.805 bits per heavy atom. The third-order valence-corrected chi connectivity index (χ3v) is 8.18. The number of fused-ring (bicyclic) bond motifs is 2. The van der Waals surface area contributed by atoms with E-state index in [-0.39, 0.29) is 39.5 Å². The molecule has 0 saturated heterocycles. The van der Waals surface area contributed by atoms with Crippen molar-refractivity contribution in [2.75, 3.05) is 28.2 Å². The fourth-order valence-electron chi connectivity index (χ4n) is 5.87. The van der Waals surface area contributed by atoms with Gasteiger partial charge in [-0.2, -0.15) is 9.97 Å². The number of amides is 2. The summed E-state index contributed by atoms with van der Waals surface area (Å²) in [5.41, 5.74) is 1.90. The van der Waals surface area contributed by atoms with E-state index in [9.17, 15) is 14.0 Å². The molecule has 0 spiro atoms. The molecule has 4 heterocycles. The summed E-state index contributed by atoms with van der Waals surface area (Å²) in [7, 11) is 6.74. The van der Waals surface area contributed by atoms with Crippen molar-refractivity contribution in [1.29, 1.82) is 0 Å². The Labute approximate surface area is 247 Å². The molecule has 0 unspecified atom stereocenters. The summed E-state index contributed by atoms with van der Waals surface area (Å²) in [6.45, 7) is 0. The van der Waals surface area contributed by atoms with Crippen molar-refractivity contribution in [2.24, 2.45) is 0 Å². The highest BCUT2D eigenvalue weighted by Crippen LogP contribution is 2.37. The molecule has 2 aliphatic carbocycles. The van der Waals surface area contributed by atoms with Crippen LogP contribution in [0.5, 0.6) is 0 Å². The van der Waals surface area contributed by atoms with Crippen molar-refractivity contribution in [3.63, 3.8) is 0 Å². The Balaban J connectivity index is 0.000000165. The lowest BCUT2D eigenvalue weighted by molar-refractivity contribution is 0.0805. The molecular weight excluding hydrogens is 570 g/mol. The predicted octanol–water partition coefficient (Wildman–Crippen LogP) is 5.94. The highest BCUT2D eigenvalue weighted by molar-refractivity contribution is 6.28. The molecule has 0 N–H and O–H groups in total. The first kappa shape index (κ1) is 29.2. The summed E-state index contributed by atoms with van der Waals surface area (Å²) in [6, 6.07) is 2.28. The number of carbonyl (C=O) groups excluding carboxylic acids is 2. The summed E-state index contributed by atoms with van der Waals surface area (Å²) < 4.78 is 18.5. The molecule has 0 radical (unpaired) electrons. The number of hydrogen-bond acceptors (Lipinski definition) is 6. The van der Waals surface area contributed by atoms with Crippen LogP contribution in [0.4, 0.5) is 4.39 Å². The molecular formula is C28H33Cl2FN8O2. The van der Waals surface area contributed by atoms with Crippen LogP contribution in [-0.4, -0.2) is 78.9 Å². The van der Waals surface area contributed by atoms with Crippen LogP contribution in [0, 0.1) is 5.82 Å². The molecule has 2 fully saturated rings. The predicted molar refractivity (Wildman–Crippen MR) is 156 cm³/mol. The van der Waals surface area contributed by atoms with Gasteiger partial charge < -0.3 is 18.9 Å². The number of rotatable bonds is 4. The second-order valence-corrected chi connectivity index (χ2v) is 11.7. The molecule has 4 aromatic heterocycles. The third-order valence-electron chi connectivity index (χ3n) is 7.81. The van der Waals surface area contributed by atoms with Crippen LogP contribution in [-0.2, 0) is 0 Å². The molecule has 41 heavy (non-hydrogen) atoms. The Bertz CT molecular complexity index is 1600. The van der Waals surface area contributed by atoms with E-state index in [1.807, 2.05) is 6.07 Å². The minimum atomic E-state index is -0.563. The van der Waals surface area contributed by atoms with Gasteiger partial charge in [0, 0.05) is 58.1 Å². The monoisotopic (exact) mass is 602 g/mol. The van der Waals surface area contributed by atoms with E-state index in [1.54, 1.807) is 43.9 Å². The van der Waals surface area contributed by atoms with E-state index in [2.05, 4.69) is 24.5 Å². The van der Waals surface area contributed by atoms with Crippen LogP contribution in [0.3, 0.4) is 0 Å². The van der Waals surface area contributed by atoms with Crippen LogP contribution < -0.4 is 0 Å². The van der Waals surface area contributed by atoms with E-state index in [4.69, 9.17) is 23.2 Å². The number of halogens is 3. The van der Waals surface area contributed by atoms with Gasteiger partial charge in [0.25, 0.3) is 11.8 Å².